The summed E-state index contributed by atoms with van der Waals surface area (Å²) in [6.45, 7) is 16.9. The number of hydrogen-bond donors (Lipinski definition) is 4. The fraction of sp³-hybridized carbons (Fsp3) is 0.766. The molecule has 0 aliphatic heterocycles. The maximum Gasteiger partial charge on any atom is 0.324 e. The summed E-state index contributed by atoms with van der Waals surface area (Å²) >= 11 is 0. The van der Waals surface area contributed by atoms with Crippen molar-refractivity contribution in [2.24, 2.45) is 0 Å². The van der Waals surface area contributed by atoms with Crippen molar-refractivity contribution in [1.29, 1.82) is 0 Å². The van der Waals surface area contributed by atoms with Gasteiger partial charge in [0.25, 0.3) is 0 Å². The fourth-order valence-corrected chi connectivity index (χ4v) is 14.3. The van der Waals surface area contributed by atoms with Crippen molar-refractivity contribution in [3.8, 4) is 34.5 Å². The lowest BCUT2D eigenvalue weighted by Crippen LogP contribution is -2.21. The summed E-state index contributed by atoms with van der Waals surface area (Å²) in [6, 6.07) is 13.8. The molecule has 0 saturated heterocycles. The van der Waals surface area contributed by atoms with E-state index in [0.29, 0.717) is 103 Å². The topological polar surface area (TPSA) is 163 Å². The first kappa shape index (κ1) is 94.7. The number of ether oxygens (including phenoxy) is 6. The number of carbonyl (C=O) groups excluding carboxylic acids is 2. The highest BCUT2D eigenvalue weighted by atomic mass is 16.5. The van der Waals surface area contributed by atoms with Crippen LogP contribution in [0.4, 0.5) is 32.6 Å². The molecule has 2 aromatic heterocycles. The Bertz CT molecular complexity index is 2510. The van der Waals surface area contributed by atoms with E-state index < -0.39 is 12.1 Å². The maximum atomic E-state index is 14.2. The summed E-state index contributed by atoms with van der Waals surface area (Å²) in [6.07, 6.45) is 74.4. The largest absolute Gasteiger partial charge is 0.489 e. The van der Waals surface area contributed by atoms with Crippen molar-refractivity contribution < 1.29 is 38.0 Å². The zero-order chi connectivity index (χ0) is 76.9. The van der Waals surface area contributed by atoms with Gasteiger partial charge in [-0.15, -0.1) is 0 Å². The number of benzene rings is 2. The van der Waals surface area contributed by atoms with Crippen LogP contribution < -0.4 is 49.7 Å². The monoisotopic (exact) mass is 1500 g/mol. The van der Waals surface area contributed by atoms with Crippen molar-refractivity contribution >= 4 is 46.1 Å². The van der Waals surface area contributed by atoms with Gasteiger partial charge in [0.15, 0.2) is 28.6 Å². The molecular formula is C94H162N6O8. The SMILES string of the molecule is CCCCCCCCCCCCOc1cc(NC(=O)Nc2ccc3ccc(NC(=O)Nc4cc(OCCCCCCCCCCCC)c(OCCCCCCCCCCCC)c(OCCCCCCCCCCCC)c4)nc3n2)cc(OCCCCCCCCCCCC)c1OCCCCCCCCCCCC. The molecule has 0 fully saturated rings. The van der Waals surface area contributed by atoms with Gasteiger partial charge in [0.2, 0.25) is 11.5 Å². The number of unbranched alkanes of at least 4 members (excludes halogenated alkanes) is 54. The number of fused-ring (bicyclic) bond motifs is 1. The third-order valence-corrected chi connectivity index (χ3v) is 21.1. The number of rotatable bonds is 76. The van der Waals surface area contributed by atoms with Crippen molar-refractivity contribution in [3.63, 3.8) is 0 Å². The first-order valence-corrected chi connectivity index (χ1v) is 45.9. The van der Waals surface area contributed by atoms with E-state index >= 15 is 0 Å². The second-order valence-corrected chi connectivity index (χ2v) is 31.4. The van der Waals surface area contributed by atoms with Crippen LogP contribution in [0.5, 0.6) is 34.5 Å². The van der Waals surface area contributed by atoms with Crippen LogP contribution in [-0.2, 0) is 0 Å². The van der Waals surface area contributed by atoms with Crippen LogP contribution in [0.15, 0.2) is 48.5 Å². The van der Waals surface area contributed by atoms with Gasteiger partial charge in [0, 0.05) is 29.7 Å². The highest BCUT2D eigenvalue weighted by molar-refractivity contribution is 6.01. The molecule has 14 heteroatoms. The normalized spacial score (nSPS) is 11.4. The van der Waals surface area contributed by atoms with Gasteiger partial charge < -0.3 is 39.1 Å². The number of anilines is 4. The van der Waals surface area contributed by atoms with E-state index in [1.807, 2.05) is 36.4 Å². The Hall–Kier alpha value is -5.66. The number of carbonyl (C=O) groups is 2. The Kier molecular flexibility index (Phi) is 59.8. The van der Waals surface area contributed by atoms with E-state index in [-0.39, 0.29) is 0 Å². The molecule has 0 aliphatic carbocycles. The lowest BCUT2D eigenvalue weighted by Gasteiger charge is -2.19. The van der Waals surface area contributed by atoms with E-state index in [4.69, 9.17) is 38.4 Å². The third-order valence-electron chi connectivity index (χ3n) is 21.1. The van der Waals surface area contributed by atoms with Crippen LogP contribution in [-0.4, -0.2) is 61.7 Å². The fourth-order valence-electron chi connectivity index (χ4n) is 14.3. The quantitative estimate of drug-likeness (QED) is 0.0313. The van der Waals surface area contributed by atoms with Gasteiger partial charge in [-0.25, -0.2) is 19.6 Å². The minimum absolute atomic E-state index is 0.298. The molecule has 4 rings (SSSR count). The highest BCUT2D eigenvalue weighted by Crippen LogP contribution is 2.43. The minimum Gasteiger partial charge on any atom is -0.489 e. The predicted octanol–water partition coefficient (Wildman–Crippen LogP) is 30.7. The molecule has 2 aromatic carbocycles. The molecule has 4 aromatic rings. The summed E-state index contributed by atoms with van der Waals surface area (Å²) in [5.74, 6) is 4.12. The van der Waals surface area contributed by atoms with Crippen LogP contribution >= 0.6 is 0 Å². The van der Waals surface area contributed by atoms with E-state index in [9.17, 15) is 9.59 Å². The Morgan fingerprint density at radius 2 is 0.426 bits per heavy atom. The first-order valence-electron chi connectivity index (χ1n) is 45.9. The lowest BCUT2D eigenvalue weighted by atomic mass is 10.1. The first-order chi connectivity index (χ1) is 53.3. The Labute approximate surface area is 661 Å². The van der Waals surface area contributed by atoms with Gasteiger partial charge in [-0.1, -0.05) is 388 Å². The van der Waals surface area contributed by atoms with Crippen molar-refractivity contribution in [3.05, 3.63) is 48.5 Å². The number of amides is 4. The average molecular weight is 1500 g/mol. The molecular weight excluding hydrogens is 1340 g/mol. The molecule has 108 heavy (non-hydrogen) atoms. The molecule has 0 saturated carbocycles. The van der Waals surface area contributed by atoms with E-state index in [0.717, 1.165) is 82.4 Å². The summed E-state index contributed by atoms with van der Waals surface area (Å²) in [5, 5.41) is 12.8. The average Bonchev–Trinajstić information content (AvgIpc) is 0.831. The molecule has 0 radical (unpaired) electrons. The van der Waals surface area contributed by atoms with Crippen molar-refractivity contribution in [2.45, 2.75) is 427 Å². The number of urea groups is 2. The van der Waals surface area contributed by atoms with E-state index in [1.165, 1.54) is 308 Å². The summed E-state index contributed by atoms with van der Waals surface area (Å²) < 4.78 is 40.0. The third kappa shape index (κ3) is 48.9. The minimum atomic E-state index is -0.482. The van der Waals surface area contributed by atoms with Crippen LogP contribution in [0.2, 0.25) is 0 Å². The van der Waals surface area contributed by atoms with E-state index in [2.05, 4.69) is 62.8 Å². The number of aromatic nitrogens is 2. The van der Waals surface area contributed by atoms with E-state index in [1.54, 1.807) is 12.1 Å². The maximum absolute atomic E-state index is 14.2. The summed E-state index contributed by atoms with van der Waals surface area (Å²) in [5.41, 5.74) is 1.41. The molecule has 14 nitrogen and oxygen atoms in total. The zero-order valence-corrected chi connectivity index (χ0v) is 70.4. The second-order valence-electron chi connectivity index (χ2n) is 31.4. The zero-order valence-electron chi connectivity index (χ0n) is 70.4. The molecule has 0 bridgehead atoms. The molecule has 616 valence electrons. The van der Waals surface area contributed by atoms with Crippen molar-refractivity contribution in [2.75, 3.05) is 60.9 Å². The number of nitrogens with one attached hydrogen (secondary N) is 4. The molecule has 0 atom stereocenters. The molecule has 0 spiro atoms. The van der Waals surface area contributed by atoms with Crippen LogP contribution in [0.25, 0.3) is 11.0 Å². The summed E-state index contributed by atoms with van der Waals surface area (Å²) in [7, 11) is 0. The van der Waals surface area contributed by atoms with Crippen LogP contribution in [0, 0.1) is 0 Å². The van der Waals surface area contributed by atoms with Crippen molar-refractivity contribution in [1.82, 2.24) is 9.97 Å². The lowest BCUT2D eigenvalue weighted by molar-refractivity contribution is 0.234. The molecule has 2 heterocycles. The molecule has 0 aliphatic rings. The number of nitrogens with zero attached hydrogens (tertiary/aromatic N) is 2. The molecule has 4 amide bonds. The second kappa shape index (κ2) is 68.2. The Balaban J connectivity index is 1.53. The van der Waals surface area contributed by atoms with Crippen LogP contribution in [0.1, 0.15) is 427 Å². The van der Waals surface area contributed by atoms with Gasteiger partial charge in [-0.2, -0.15) is 0 Å². The molecule has 0 unspecified atom stereocenters. The van der Waals surface area contributed by atoms with Gasteiger partial charge in [-0.05, 0) is 62.8 Å². The number of pyridine rings is 2. The Morgan fingerprint density at radius 3 is 0.630 bits per heavy atom. The predicted molar refractivity (Wildman–Crippen MR) is 462 cm³/mol. The van der Waals surface area contributed by atoms with Gasteiger partial charge in [0.05, 0.1) is 51.0 Å². The Morgan fingerprint density at radius 1 is 0.241 bits per heavy atom. The highest BCUT2D eigenvalue weighted by Gasteiger charge is 2.21. The molecule has 4 N–H and O–H groups in total. The smallest absolute Gasteiger partial charge is 0.324 e. The van der Waals surface area contributed by atoms with Gasteiger partial charge in [0.1, 0.15) is 11.6 Å². The van der Waals surface area contributed by atoms with Gasteiger partial charge >= 0.3 is 12.1 Å². The number of hydrogen-bond acceptors (Lipinski definition) is 10. The van der Waals surface area contributed by atoms with Crippen LogP contribution in [0.3, 0.4) is 0 Å². The standard InChI is InChI=1S/C94H162N6O8/c1-7-13-19-25-31-37-43-49-55-61-71-103-84-77-82(78-85(104-72-62-56-50-44-38-32-26-20-14-8-2)90(84)107-75-65-59-53-47-41-35-29-23-17-11-5)95-93(101)99-88-69-67-81-68-70-89(98-92(81)97-88)100-94(102)96-83-79-86(105-73-63-57-51-45-39-33-27-21-15-9-3)91(108-76-66-60-54-48-42-36-30-24-18-12-6)87(80-83)106-74-64-58-52-46-40-34-28-22-16-10-4/h67-70,77-80H,7-66,71-76H2,1-6H3,(H4,95,96,97,98,99,100,101,102). The van der Waals surface area contributed by atoms with Gasteiger partial charge in [-0.3, -0.25) is 10.6 Å². The summed E-state index contributed by atoms with van der Waals surface area (Å²) in [4.78, 5) is 37.9.